The van der Waals surface area contributed by atoms with Crippen molar-refractivity contribution in [3.63, 3.8) is 0 Å². The second kappa shape index (κ2) is 6.17. The Labute approximate surface area is 117 Å². The molecule has 1 fully saturated rings. The molecule has 1 aromatic rings. The number of rotatable bonds is 3. The van der Waals surface area contributed by atoms with Gasteiger partial charge >= 0.3 is 0 Å². The molecular weight excluding hydrogens is 264 g/mol. The molecule has 0 aromatic heterocycles. The second-order valence-corrected chi connectivity index (χ2v) is 5.16. The Bertz CT molecular complexity index is 490. The highest BCUT2D eigenvalue weighted by atomic mass is 35.5. The molecule has 1 heterocycles. The third-order valence-electron chi connectivity index (χ3n) is 3.33. The fraction of sp³-hybridized carbons (Fsp3) is 0.429. The predicted molar refractivity (Wildman–Crippen MR) is 74.4 cm³/mol. The zero-order valence-electron chi connectivity index (χ0n) is 10.9. The number of ketones is 1. The molecule has 102 valence electrons. The van der Waals surface area contributed by atoms with E-state index in [4.69, 9.17) is 11.6 Å². The quantitative estimate of drug-likeness (QED) is 0.858. The average molecular weight is 281 g/mol. The molecule has 0 saturated carbocycles. The normalized spacial score (nSPS) is 18.5. The predicted octanol–water partition coefficient (Wildman–Crippen LogP) is 1.73. The lowest BCUT2D eigenvalue weighted by Crippen LogP contribution is -2.42. The summed E-state index contributed by atoms with van der Waals surface area (Å²) in [5, 5.41) is 3.35. The fourth-order valence-corrected chi connectivity index (χ4v) is 2.40. The van der Waals surface area contributed by atoms with Crippen molar-refractivity contribution >= 4 is 23.3 Å². The Morgan fingerprint density at radius 2 is 2.26 bits per heavy atom. The van der Waals surface area contributed by atoms with Crippen LogP contribution in [0.2, 0.25) is 5.02 Å². The number of amides is 1. The van der Waals surface area contributed by atoms with Crippen molar-refractivity contribution in [2.45, 2.75) is 19.4 Å². The minimum Gasteiger partial charge on any atom is -0.355 e. The number of carbonyl (C=O) groups is 2. The summed E-state index contributed by atoms with van der Waals surface area (Å²) in [7, 11) is 0. The van der Waals surface area contributed by atoms with E-state index in [-0.39, 0.29) is 24.3 Å². The van der Waals surface area contributed by atoms with E-state index in [0.29, 0.717) is 17.1 Å². The van der Waals surface area contributed by atoms with Crippen LogP contribution in [0.4, 0.5) is 0 Å². The number of carbonyl (C=O) groups excluding carboxylic acids is 2. The van der Waals surface area contributed by atoms with Crippen LogP contribution in [0, 0.1) is 0 Å². The van der Waals surface area contributed by atoms with Crippen LogP contribution < -0.4 is 5.32 Å². The number of hydrogen-bond donors (Lipinski definition) is 1. The maximum Gasteiger partial charge on any atom is 0.234 e. The molecule has 1 unspecified atom stereocenters. The van der Waals surface area contributed by atoms with E-state index >= 15 is 0 Å². The van der Waals surface area contributed by atoms with E-state index in [1.165, 1.54) is 0 Å². The van der Waals surface area contributed by atoms with Gasteiger partial charge < -0.3 is 5.32 Å². The van der Waals surface area contributed by atoms with Crippen molar-refractivity contribution in [1.82, 2.24) is 10.2 Å². The van der Waals surface area contributed by atoms with Crippen LogP contribution in [-0.2, 0) is 4.79 Å². The van der Waals surface area contributed by atoms with E-state index in [0.717, 1.165) is 13.0 Å². The van der Waals surface area contributed by atoms with Gasteiger partial charge in [-0.15, -0.1) is 0 Å². The molecule has 0 radical (unpaired) electrons. The van der Waals surface area contributed by atoms with Gasteiger partial charge in [-0.25, -0.2) is 0 Å². The Morgan fingerprint density at radius 1 is 1.47 bits per heavy atom. The Morgan fingerprint density at radius 3 is 3.00 bits per heavy atom. The molecule has 1 aliphatic heterocycles. The summed E-state index contributed by atoms with van der Waals surface area (Å²) in [4.78, 5) is 25.8. The number of Topliss-reactive ketones (excluding diaryl/α,β-unsaturated/α-hetero) is 1. The maximum atomic E-state index is 12.4. The first kappa shape index (κ1) is 14.0. The van der Waals surface area contributed by atoms with Crippen molar-refractivity contribution in [3.8, 4) is 0 Å². The largest absolute Gasteiger partial charge is 0.355 e. The molecule has 4 nitrogen and oxygen atoms in total. The van der Waals surface area contributed by atoms with E-state index in [2.05, 4.69) is 5.32 Å². The van der Waals surface area contributed by atoms with Gasteiger partial charge in [-0.3, -0.25) is 14.5 Å². The molecule has 1 aliphatic rings. The van der Waals surface area contributed by atoms with Gasteiger partial charge in [0.15, 0.2) is 5.78 Å². The van der Waals surface area contributed by atoms with Gasteiger partial charge in [0, 0.05) is 23.7 Å². The van der Waals surface area contributed by atoms with Gasteiger partial charge in [0.2, 0.25) is 5.91 Å². The first-order valence-electron chi connectivity index (χ1n) is 6.38. The van der Waals surface area contributed by atoms with E-state index < -0.39 is 0 Å². The zero-order valence-corrected chi connectivity index (χ0v) is 11.6. The number of nitrogens with one attached hydrogen (secondary N) is 1. The number of hydrogen-bond acceptors (Lipinski definition) is 3. The lowest BCUT2D eigenvalue weighted by atomic mass is 10.0. The van der Waals surface area contributed by atoms with E-state index in [1.54, 1.807) is 24.3 Å². The highest BCUT2D eigenvalue weighted by Crippen LogP contribution is 2.15. The summed E-state index contributed by atoms with van der Waals surface area (Å²) < 4.78 is 0. The minimum absolute atomic E-state index is 0.00259. The summed E-state index contributed by atoms with van der Waals surface area (Å²) in [6, 6.07) is 6.60. The SMILES string of the molecule is CC(C(=O)c1cccc(Cl)c1)N1CCCNC(=O)C1. The van der Waals surface area contributed by atoms with Gasteiger partial charge in [-0.05, 0) is 25.5 Å². The maximum absolute atomic E-state index is 12.4. The molecule has 1 N–H and O–H groups in total. The molecule has 1 aromatic carbocycles. The summed E-state index contributed by atoms with van der Waals surface area (Å²) >= 11 is 5.90. The van der Waals surface area contributed by atoms with Crippen LogP contribution in [0.5, 0.6) is 0 Å². The van der Waals surface area contributed by atoms with Crippen LogP contribution in [0.3, 0.4) is 0 Å². The van der Waals surface area contributed by atoms with Crippen LogP contribution in [0.1, 0.15) is 23.7 Å². The van der Waals surface area contributed by atoms with Gasteiger partial charge in [-0.2, -0.15) is 0 Å². The molecule has 19 heavy (non-hydrogen) atoms. The second-order valence-electron chi connectivity index (χ2n) is 4.72. The molecule has 5 heteroatoms. The lowest BCUT2D eigenvalue weighted by molar-refractivity contribution is -0.121. The lowest BCUT2D eigenvalue weighted by Gasteiger charge is -2.25. The number of halogens is 1. The highest BCUT2D eigenvalue weighted by molar-refractivity contribution is 6.31. The molecule has 0 aliphatic carbocycles. The Hall–Kier alpha value is -1.39. The zero-order chi connectivity index (χ0) is 13.8. The third-order valence-corrected chi connectivity index (χ3v) is 3.56. The van der Waals surface area contributed by atoms with E-state index in [9.17, 15) is 9.59 Å². The first-order valence-corrected chi connectivity index (χ1v) is 6.76. The standard InChI is InChI=1S/C14H17ClN2O2/c1-10(17-7-3-6-16-13(18)9-17)14(19)11-4-2-5-12(15)8-11/h2,4-5,8,10H,3,6-7,9H2,1H3,(H,16,18). The number of benzene rings is 1. The van der Waals surface area contributed by atoms with E-state index in [1.807, 2.05) is 11.8 Å². The summed E-state index contributed by atoms with van der Waals surface area (Å²) in [5.74, 6) is -0.0274. The molecule has 0 spiro atoms. The van der Waals surface area contributed by atoms with Crippen molar-refractivity contribution in [3.05, 3.63) is 34.9 Å². The van der Waals surface area contributed by atoms with Crippen LogP contribution >= 0.6 is 11.6 Å². The Balaban J connectivity index is 2.11. The molecule has 1 amide bonds. The molecule has 1 saturated heterocycles. The van der Waals surface area contributed by atoms with Gasteiger partial charge in [0.25, 0.3) is 0 Å². The molecule has 2 rings (SSSR count). The Kier molecular flexibility index (Phi) is 4.56. The topological polar surface area (TPSA) is 49.4 Å². The van der Waals surface area contributed by atoms with Crippen molar-refractivity contribution < 1.29 is 9.59 Å². The smallest absolute Gasteiger partial charge is 0.234 e. The minimum atomic E-state index is -0.317. The summed E-state index contributed by atoms with van der Waals surface area (Å²) in [6.45, 7) is 3.52. The molecule has 0 bridgehead atoms. The molecular formula is C14H17ClN2O2. The van der Waals surface area contributed by atoms with Crippen molar-refractivity contribution in [2.75, 3.05) is 19.6 Å². The monoisotopic (exact) mass is 280 g/mol. The van der Waals surface area contributed by atoms with Crippen molar-refractivity contribution in [2.24, 2.45) is 0 Å². The molecule has 1 atom stereocenters. The average Bonchev–Trinajstić information content (AvgIpc) is 2.61. The van der Waals surface area contributed by atoms with Crippen molar-refractivity contribution in [1.29, 1.82) is 0 Å². The fourth-order valence-electron chi connectivity index (χ4n) is 2.21. The van der Waals surface area contributed by atoms with Crippen LogP contribution in [0.25, 0.3) is 0 Å². The first-order chi connectivity index (χ1) is 9.08. The van der Waals surface area contributed by atoms with Crippen LogP contribution in [-0.4, -0.2) is 42.3 Å². The summed E-state index contributed by atoms with van der Waals surface area (Å²) in [5.41, 5.74) is 0.588. The van der Waals surface area contributed by atoms with Gasteiger partial charge in [-0.1, -0.05) is 23.7 Å². The highest BCUT2D eigenvalue weighted by Gasteiger charge is 2.25. The van der Waals surface area contributed by atoms with Gasteiger partial charge in [0.05, 0.1) is 12.6 Å². The van der Waals surface area contributed by atoms with Gasteiger partial charge in [0.1, 0.15) is 0 Å². The van der Waals surface area contributed by atoms with Crippen LogP contribution in [0.15, 0.2) is 24.3 Å². The third kappa shape index (κ3) is 3.55. The number of nitrogens with zero attached hydrogens (tertiary/aromatic N) is 1. The summed E-state index contributed by atoms with van der Waals surface area (Å²) in [6.07, 6.45) is 0.860.